The van der Waals surface area contributed by atoms with E-state index in [1.54, 1.807) is 11.3 Å². The lowest BCUT2D eigenvalue weighted by molar-refractivity contribution is 0.0889. The first kappa shape index (κ1) is 23.5. The summed E-state index contributed by atoms with van der Waals surface area (Å²) < 4.78 is 5.95. The number of thiophene rings is 1. The number of aromatic nitrogens is 2. The van der Waals surface area contributed by atoms with E-state index in [0.717, 1.165) is 48.1 Å². The summed E-state index contributed by atoms with van der Waals surface area (Å²) >= 11 is 1.56. The van der Waals surface area contributed by atoms with E-state index in [1.165, 1.54) is 4.90 Å². The number of carbonyl (C=O) groups is 2. The maximum absolute atomic E-state index is 12.8. The molecule has 1 unspecified atom stereocenters. The van der Waals surface area contributed by atoms with Crippen molar-refractivity contribution in [2.75, 3.05) is 26.2 Å². The van der Waals surface area contributed by atoms with Crippen LogP contribution in [0, 0.1) is 6.92 Å². The molecular formula is C25H29N5O4S. The lowest BCUT2D eigenvalue weighted by atomic mass is 10.0. The summed E-state index contributed by atoms with van der Waals surface area (Å²) in [4.78, 5) is 37.5. The van der Waals surface area contributed by atoms with Crippen molar-refractivity contribution in [2.24, 2.45) is 0 Å². The van der Waals surface area contributed by atoms with Crippen LogP contribution in [0.25, 0.3) is 10.2 Å². The summed E-state index contributed by atoms with van der Waals surface area (Å²) in [6.07, 6.45) is 1.79. The minimum absolute atomic E-state index is 0.0692. The van der Waals surface area contributed by atoms with Gasteiger partial charge in [0.2, 0.25) is 5.88 Å². The minimum Gasteiger partial charge on any atom is -0.472 e. The fourth-order valence-electron chi connectivity index (χ4n) is 4.84. The highest BCUT2D eigenvalue weighted by Gasteiger charge is 2.32. The van der Waals surface area contributed by atoms with E-state index in [4.69, 9.17) is 9.84 Å². The van der Waals surface area contributed by atoms with Crippen molar-refractivity contribution in [3.63, 3.8) is 0 Å². The Bertz CT molecular complexity index is 1210. The number of nitrogens with one attached hydrogen (secondary N) is 1. The summed E-state index contributed by atoms with van der Waals surface area (Å²) in [5.74, 6) is 1.19. The number of piperidine rings is 1. The van der Waals surface area contributed by atoms with Crippen LogP contribution in [0.1, 0.15) is 41.0 Å². The third-order valence-electron chi connectivity index (χ3n) is 6.81. The van der Waals surface area contributed by atoms with E-state index in [9.17, 15) is 9.59 Å². The molecule has 1 aromatic carbocycles. The number of nitrogens with zero attached hydrogens (tertiary/aromatic N) is 4. The number of hydrogen-bond donors (Lipinski definition) is 2. The number of carboxylic acid groups (broad SMARTS) is 1. The van der Waals surface area contributed by atoms with Gasteiger partial charge in [-0.3, -0.25) is 9.69 Å². The lowest BCUT2D eigenvalue weighted by Crippen LogP contribution is -2.48. The number of rotatable bonds is 6. The summed E-state index contributed by atoms with van der Waals surface area (Å²) in [5.41, 5.74) is 1.59. The number of aryl methyl sites for hydroxylation is 1. The van der Waals surface area contributed by atoms with Crippen molar-refractivity contribution in [3.8, 4) is 5.88 Å². The Labute approximate surface area is 207 Å². The summed E-state index contributed by atoms with van der Waals surface area (Å²) in [7, 11) is 0. The number of carbonyl (C=O) groups excluding carboxylic acids is 1. The van der Waals surface area contributed by atoms with Crippen molar-refractivity contribution in [1.29, 1.82) is 0 Å². The zero-order valence-corrected chi connectivity index (χ0v) is 20.5. The molecule has 9 nitrogen and oxygen atoms in total. The van der Waals surface area contributed by atoms with Gasteiger partial charge in [-0.25, -0.2) is 9.78 Å². The highest BCUT2D eigenvalue weighted by Crippen LogP contribution is 2.27. The monoisotopic (exact) mass is 495 g/mol. The zero-order chi connectivity index (χ0) is 24.4. The maximum Gasteiger partial charge on any atom is 0.407 e. The zero-order valence-electron chi connectivity index (χ0n) is 19.6. The molecule has 2 amide bonds. The van der Waals surface area contributed by atoms with Gasteiger partial charge in [0, 0.05) is 43.8 Å². The molecule has 2 N–H and O–H groups in total. The Balaban J connectivity index is 1.10. The van der Waals surface area contributed by atoms with Crippen LogP contribution in [-0.4, -0.2) is 75.1 Å². The van der Waals surface area contributed by atoms with Gasteiger partial charge in [0.1, 0.15) is 17.3 Å². The Morgan fingerprint density at radius 3 is 2.60 bits per heavy atom. The van der Waals surface area contributed by atoms with Gasteiger partial charge in [-0.15, -0.1) is 11.3 Å². The predicted molar refractivity (Wildman–Crippen MR) is 133 cm³/mol. The molecule has 2 fully saturated rings. The van der Waals surface area contributed by atoms with Crippen molar-refractivity contribution < 1.29 is 19.4 Å². The highest BCUT2D eigenvalue weighted by atomic mass is 32.1. The van der Waals surface area contributed by atoms with Crippen LogP contribution >= 0.6 is 11.3 Å². The van der Waals surface area contributed by atoms with Crippen LogP contribution in [0.4, 0.5) is 4.79 Å². The van der Waals surface area contributed by atoms with E-state index in [1.807, 2.05) is 42.6 Å². The largest absolute Gasteiger partial charge is 0.472 e. The van der Waals surface area contributed by atoms with Crippen molar-refractivity contribution >= 4 is 33.6 Å². The molecule has 184 valence electrons. The first-order valence-corrected chi connectivity index (χ1v) is 12.8. The molecular weight excluding hydrogens is 466 g/mol. The highest BCUT2D eigenvalue weighted by molar-refractivity contribution is 7.16. The molecule has 0 spiro atoms. The van der Waals surface area contributed by atoms with E-state index in [2.05, 4.69) is 20.2 Å². The quantitative estimate of drug-likeness (QED) is 0.539. The molecule has 0 radical (unpaired) electrons. The number of likely N-dealkylation sites (tertiary alicyclic amines) is 2. The van der Waals surface area contributed by atoms with Gasteiger partial charge in [0.25, 0.3) is 5.91 Å². The van der Waals surface area contributed by atoms with Gasteiger partial charge < -0.3 is 20.1 Å². The number of benzene rings is 1. The van der Waals surface area contributed by atoms with Crippen molar-refractivity contribution in [1.82, 2.24) is 25.1 Å². The van der Waals surface area contributed by atoms with Gasteiger partial charge in [0.05, 0.1) is 5.39 Å². The van der Waals surface area contributed by atoms with E-state index in [-0.39, 0.29) is 11.9 Å². The topological polar surface area (TPSA) is 108 Å². The molecule has 2 saturated heterocycles. The van der Waals surface area contributed by atoms with Gasteiger partial charge in [-0.1, -0.05) is 12.1 Å². The van der Waals surface area contributed by atoms with Crippen LogP contribution in [0.3, 0.4) is 0 Å². The molecule has 4 heterocycles. The third-order valence-corrected chi connectivity index (χ3v) is 7.62. The fraction of sp³-hybridized carbons (Fsp3) is 0.440. The molecule has 5 rings (SSSR count). The molecule has 2 aliphatic rings. The number of ether oxygens (including phenoxy) is 1. The standard InChI is InChI=1S/C25H29N5O4S/c1-16-26-23(21-9-13-35-24(21)27-16)34-15-17-2-4-18(5-3-17)22(31)28-19-6-10-29(11-7-19)20-8-12-30(14-20)25(32)33/h2-5,9,13,19-20H,6-8,10-12,14-15H2,1H3,(H,28,31)(H,32,33). The first-order chi connectivity index (χ1) is 17.0. The predicted octanol–water partition coefficient (Wildman–Crippen LogP) is 3.53. The average Bonchev–Trinajstić information content (AvgIpc) is 3.53. The van der Waals surface area contributed by atoms with E-state index < -0.39 is 6.09 Å². The number of amides is 2. The second-order valence-electron chi connectivity index (χ2n) is 9.16. The molecule has 0 saturated carbocycles. The first-order valence-electron chi connectivity index (χ1n) is 11.9. The van der Waals surface area contributed by atoms with Crippen LogP contribution in [0.2, 0.25) is 0 Å². The number of hydrogen-bond acceptors (Lipinski definition) is 7. The smallest absolute Gasteiger partial charge is 0.407 e. The average molecular weight is 496 g/mol. The summed E-state index contributed by atoms with van der Waals surface area (Å²) in [6.45, 7) is 5.15. The van der Waals surface area contributed by atoms with Gasteiger partial charge in [-0.05, 0) is 55.3 Å². The maximum atomic E-state index is 12.8. The number of fused-ring (bicyclic) bond motifs is 1. The van der Waals surface area contributed by atoms with Gasteiger partial charge in [0.15, 0.2) is 0 Å². The lowest BCUT2D eigenvalue weighted by Gasteiger charge is -2.36. The third kappa shape index (κ3) is 5.38. The minimum atomic E-state index is -0.837. The van der Waals surface area contributed by atoms with E-state index >= 15 is 0 Å². The van der Waals surface area contributed by atoms with Crippen LogP contribution in [-0.2, 0) is 6.61 Å². The van der Waals surface area contributed by atoms with Crippen molar-refractivity contribution in [3.05, 3.63) is 52.7 Å². The molecule has 2 aromatic heterocycles. The molecule has 0 aliphatic carbocycles. The second kappa shape index (κ2) is 10.2. The van der Waals surface area contributed by atoms with E-state index in [0.29, 0.717) is 43.0 Å². The Hall–Kier alpha value is -3.24. The second-order valence-corrected chi connectivity index (χ2v) is 10.1. The fourth-order valence-corrected chi connectivity index (χ4v) is 5.64. The molecule has 3 aromatic rings. The normalized spacial score (nSPS) is 19.2. The van der Waals surface area contributed by atoms with Gasteiger partial charge in [-0.2, -0.15) is 4.98 Å². The summed E-state index contributed by atoms with van der Waals surface area (Å²) in [5, 5.41) is 15.2. The summed E-state index contributed by atoms with van der Waals surface area (Å²) in [6, 6.07) is 9.86. The van der Waals surface area contributed by atoms with Gasteiger partial charge >= 0.3 is 6.09 Å². The molecule has 35 heavy (non-hydrogen) atoms. The Morgan fingerprint density at radius 1 is 1.11 bits per heavy atom. The Morgan fingerprint density at radius 2 is 1.89 bits per heavy atom. The van der Waals surface area contributed by atoms with Crippen LogP contribution in [0.15, 0.2) is 35.7 Å². The van der Waals surface area contributed by atoms with Crippen LogP contribution < -0.4 is 10.1 Å². The Kier molecular flexibility index (Phi) is 6.83. The molecule has 1 atom stereocenters. The molecule has 2 aliphatic heterocycles. The molecule has 0 bridgehead atoms. The van der Waals surface area contributed by atoms with Crippen molar-refractivity contribution in [2.45, 2.75) is 44.9 Å². The molecule has 10 heteroatoms. The van der Waals surface area contributed by atoms with Crippen LogP contribution in [0.5, 0.6) is 5.88 Å². The SMILES string of the molecule is Cc1nc(OCc2ccc(C(=O)NC3CCN(C4CCN(C(=O)O)C4)CC3)cc2)c2ccsc2n1.